The first-order valence-electron chi connectivity index (χ1n) is 7.22. The van der Waals surface area contributed by atoms with E-state index in [2.05, 4.69) is 23.7 Å². The molecule has 0 saturated heterocycles. The van der Waals surface area contributed by atoms with Crippen LogP contribution in [0.3, 0.4) is 0 Å². The van der Waals surface area contributed by atoms with Gasteiger partial charge in [0, 0.05) is 26.1 Å². The molecule has 0 spiro atoms. The Hall–Kier alpha value is -1.35. The van der Waals surface area contributed by atoms with E-state index in [9.17, 15) is 4.79 Å². The van der Waals surface area contributed by atoms with Gasteiger partial charge < -0.3 is 14.9 Å². The second-order valence-electron chi connectivity index (χ2n) is 5.03. The quantitative estimate of drug-likeness (QED) is 0.782. The first-order valence-corrected chi connectivity index (χ1v) is 8.03. The molecule has 0 aliphatic heterocycles. The molecule has 1 rings (SSSR count). The van der Waals surface area contributed by atoms with Gasteiger partial charge in [-0.2, -0.15) is 0 Å². The molecule has 0 bridgehead atoms. The van der Waals surface area contributed by atoms with Gasteiger partial charge >= 0.3 is 0 Å². The van der Waals surface area contributed by atoms with Crippen LogP contribution in [0.25, 0.3) is 0 Å². The zero-order chi connectivity index (χ0) is 15.7. The summed E-state index contributed by atoms with van der Waals surface area (Å²) in [6, 6.07) is 3.71. The maximum absolute atomic E-state index is 12.5. The molecule has 1 aromatic rings. The molecule has 1 aromatic heterocycles. The van der Waals surface area contributed by atoms with E-state index in [0.29, 0.717) is 6.42 Å². The normalized spacial score (nSPS) is 10.3. The molecule has 0 fully saturated rings. The molecule has 116 valence electrons. The summed E-state index contributed by atoms with van der Waals surface area (Å²) in [7, 11) is 4.02. The van der Waals surface area contributed by atoms with Gasteiger partial charge in [-0.1, -0.05) is 18.8 Å². The van der Waals surface area contributed by atoms with Crippen molar-refractivity contribution >= 4 is 17.2 Å². The van der Waals surface area contributed by atoms with Gasteiger partial charge in [-0.3, -0.25) is 4.79 Å². The minimum Gasteiger partial charge on any atom is -0.395 e. The number of amides is 1. The van der Waals surface area contributed by atoms with Gasteiger partial charge in [-0.25, -0.2) is 0 Å². The Morgan fingerprint density at radius 2 is 2.05 bits per heavy atom. The maximum Gasteiger partial charge on any atom is 0.264 e. The maximum atomic E-state index is 12.5. The molecule has 0 atom stereocenters. The molecule has 0 radical (unpaired) electrons. The van der Waals surface area contributed by atoms with Crippen LogP contribution >= 0.6 is 11.3 Å². The van der Waals surface area contributed by atoms with E-state index in [4.69, 9.17) is 5.11 Å². The van der Waals surface area contributed by atoms with Gasteiger partial charge in [0.25, 0.3) is 5.91 Å². The molecule has 1 heterocycles. The molecule has 0 unspecified atom stereocenters. The van der Waals surface area contributed by atoms with Crippen LogP contribution in [0, 0.1) is 11.8 Å². The lowest BCUT2D eigenvalue weighted by molar-refractivity contribution is 0.0750. The van der Waals surface area contributed by atoms with Gasteiger partial charge in [0.05, 0.1) is 16.4 Å². The van der Waals surface area contributed by atoms with Crippen molar-refractivity contribution in [1.29, 1.82) is 0 Å². The average Bonchev–Trinajstić information content (AvgIpc) is 2.91. The molecule has 21 heavy (non-hydrogen) atoms. The minimum absolute atomic E-state index is 0.0684. The third-order valence-electron chi connectivity index (χ3n) is 2.86. The Morgan fingerprint density at radius 1 is 1.29 bits per heavy atom. The zero-order valence-corrected chi connectivity index (χ0v) is 13.9. The average molecular weight is 308 g/mol. The molecule has 1 amide bonds. The standard InChI is InChI=1S/C16H24N2O2S/c1-4-10-18(12-11-17(2)3)16(20)15-9-8-14(21-15)7-5-6-13-19/h8-9,19H,4,6,10-13H2,1-3H3. The highest BCUT2D eigenvalue weighted by Gasteiger charge is 2.16. The number of hydrogen-bond acceptors (Lipinski definition) is 4. The summed E-state index contributed by atoms with van der Waals surface area (Å²) in [4.78, 5) is 18.1. The van der Waals surface area contributed by atoms with Crippen molar-refractivity contribution < 1.29 is 9.90 Å². The topological polar surface area (TPSA) is 43.8 Å². The van der Waals surface area contributed by atoms with E-state index in [1.165, 1.54) is 11.3 Å². The fourth-order valence-electron chi connectivity index (χ4n) is 1.79. The van der Waals surface area contributed by atoms with Crippen LogP contribution in [-0.4, -0.2) is 61.2 Å². The number of hydrogen-bond donors (Lipinski definition) is 1. The van der Waals surface area contributed by atoms with Gasteiger partial charge in [-0.05, 0) is 32.6 Å². The van der Waals surface area contributed by atoms with E-state index >= 15 is 0 Å². The molecule has 0 aromatic carbocycles. The third-order valence-corrected chi connectivity index (χ3v) is 3.85. The van der Waals surface area contributed by atoms with Crippen molar-refractivity contribution in [2.24, 2.45) is 0 Å². The van der Waals surface area contributed by atoms with Crippen molar-refractivity contribution in [3.63, 3.8) is 0 Å². The molecule has 0 aliphatic carbocycles. The van der Waals surface area contributed by atoms with Gasteiger partial charge in [0.2, 0.25) is 0 Å². The van der Waals surface area contributed by atoms with Crippen LogP contribution in [0.1, 0.15) is 34.3 Å². The van der Waals surface area contributed by atoms with Crippen LogP contribution in [0.15, 0.2) is 12.1 Å². The largest absolute Gasteiger partial charge is 0.395 e. The Morgan fingerprint density at radius 3 is 2.67 bits per heavy atom. The SMILES string of the molecule is CCCN(CCN(C)C)C(=O)c1ccc(C#CCCO)s1. The molecule has 0 saturated carbocycles. The summed E-state index contributed by atoms with van der Waals surface area (Å²) in [5, 5.41) is 8.71. The number of nitrogens with zero attached hydrogens (tertiary/aromatic N) is 2. The lowest BCUT2D eigenvalue weighted by Crippen LogP contribution is -2.36. The van der Waals surface area contributed by atoms with Crippen molar-refractivity contribution in [2.45, 2.75) is 19.8 Å². The number of thiophene rings is 1. The molecule has 4 nitrogen and oxygen atoms in total. The first-order chi connectivity index (χ1) is 10.1. The van der Waals surface area contributed by atoms with Crippen LogP contribution in [-0.2, 0) is 0 Å². The zero-order valence-electron chi connectivity index (χ0n) is 13.1. The number of rotatable bonds is 7. The fraction of sp³-hybridized carbons (Fsp3) is 0.562. The first kappa shape index (κ1) is 17.7. The molecule has 5 heteroatoms. The van der Waals surface area contributed by atoms with E-state index < -0.39 is 0 Å². The Kier molecular flexibility index (Phi) is 8.06. The second-order valence-corrected chi connectivity index (χ2v) is 6.12. The van der Waals surface area contributed by atoms with Crippen molar-refractivity contribution in [1.82, 2.24) is 9.80 Å². The summed E-state index contributed by atoms with van der Waals surface area (Å²) in [6.07, 6.45) is 1.42. The summed E-state index contributed by atoms with van der Waals surface area (Å²) in [6.45, 7) is 4.52. The number of carbonyl (C=O) groups excluding carboxylic acids is 1. The Bertz CT molecular complexity index is 500. The van der Waals surface area contributed by atoms with Crippen molar-refractivity contribution in [3.8, 4) is 11.8 Å². The number of aliphatic hydroxyl groups excluding tert-OH is 1. The monoisotopic (exact) mass is 308 g/mol. The van der Waals surface area contributed by atoms with E-state index in [-0.39, 0.29) is 12.5 Å². The number of aliphatic hydroxyl groups is 1. The molecular formula is C16H24N2O2S. The van der Waals surface area contributed by atoms with Crippen molar-refractivity contribution in [2.75, 3.05) is 40.3 Å². The van der Waals surface area contributed by atoms with Crippen LogP contribution in [0.4, 0.5) is 0 Å². The summed E-state index contributed by atoms with van der Waals surface area (Å²) in [5.74, 6) is 5.93. The predicted octanol–water partition coefficient (Wildman–Crippen LogP) is 1.90. The second kappa shape index (κ2) is 9.56. The number of carbonyl (C=O) groups is 1. The fourth-order valence-corrected chi connectivity index (χ4v) is 2.64. The van der Waals surface area contributed by atoms with Crippen LogP contribution < -0.4 is 0 Å². The lowest BCUT2D eigenvalue weighted by Gasteiger charge is -2.23. The van der Waals surface area contributed by atoms with Crippen molar-refractivity contribution in [3.05, 3.63) is 21.9 Å². The third kappa shape index (κ3) is 6.30. The molecule has 0 aliphatic rings. The van der Waals surface area contributed by atoms with Gasteiger partial charge in [0.1, 0.15) is 0 Å². The summed E-state index contributed by atoms with van der Waals surface area (Å²) < 4.78 is 0. The highest BCUT2D eigenvalue weighted by Crippen LogP contribution is 2.17. The molecule has 1 N–H and O–H groups in total. The highest BCUT2D eigenvalue weighted by molar-refractivity contribution is 7.14. The summed E-state index contributed by atoms with van der Waals surface area (Å²) >= 11 is 1.42. The van der Waals surface area contributed by atoms with E-state index in [0.717, 1.165) is 35.8 Å². The molecular weight excluding hydrogens is 284 g/mol. The lowest BCUT2D eigenvalue weighted by atomic mass is 10.3. The Balaban J connectivity index is 2.72. The number of likely N-dealkylation sites (N-methyl/N-ethyl adjacent to an activating group) is 1. The van der Waals surface area contributed by atoms with Crippen LogP contribution in [0.2, 0.25) is 0 Å². The Labute approximate surface area is 131 Å². The summed E-state index contributed by atoms with van der Waals surface area (Å²) in [5.41, 5.74) is 0. The van der Waals surface area contributed by atoms with Crippen LogP contribution in [0.5, 0.6) is 0 Å². The van der Waals surface area contributed by atoms with Gasteiger partial charge in [0.15, 0.2) is 0 Å². The minimum atomic E-state index is 0.0684. The predicted molar refractivity (Wildman–Crippen MR) is 87.6 cm³/mol. The smallest absolute Gasteiger partial charge is 0.264 e. The highest BCUT2D eigenvalue weighted by atomic mass is 32.1. The van der Waals surface area contributed by atoms with Gasteiger partial charge in [-0.15, -0.1) is 11.3 Å². The van der Waals surface area contributed by atoms with E-state index in [1.54, 1.807) is 0 Å². The van der Waals surface area contributed by atoms with E-state index in [1.807, 2.05) is 31.1 Å².